The topological polar surface area (TPSA) is 38.3 Å². The molecule has 1 N–H and O–H groups in total. The lowest BCUT2D eigenvalue weighted by Crippen LogP contribution is -2.26. The fourth-order valence-electron chi connectivity index (χ4n) is 2.00. The van der Waals surface area contributed by atoms with Gasteiger partial charge in [-0.2, -0.15) is 11.8 Å². The molecular formula is C13H16ClNO2S. The van der Waals surface area contributed by atoms with Gasteiger partial charge in [0.2, 0.25) is 0 Å². The highest BCUT2D eigenvalue weighted by Crippen LogP contribution is 2.26. The fourth-order valence-corrected chi connectivity index (χ4v) is 3.24. The minimum Gasteiger partial charge on any atom is -0.465 e. The third kappa shape index (κ3) is 3.33. The van der Waals surface area contributed by atoms with Crippen molar-refractivity contribution in [1.82, 2.24) is 0 Å². The predicted octanol–water partition coefficient (Wildman–Crippen LogP) is 3.43. The molecule has 2 rings (SSSR count). The van der Waals surface area contributed by atoms with Crippen molar-refractivity contribution in [3.63, 3.8) is 0 Å². The van der Waals surface area contributed by atoms with Gasteiger partial charge in [0.1, 0.15) is 0 Å². The summed E-state index contributed by atoms with van der Waals surface area (Å²) in [7, 11) is 1.39. The third-order valence-electron chi connectivity index (χ3n) is 2.91. The summed E-state index contributed by atoms with van der Waals surface area (Å²) in [5.74, 6) is 1.95. The van der Waals surface area contributed by atoms with Gasteiger partial charge in [-0.15, -0.1) is 0 Å². The first-order valence-electron chi connectivity index (χ1n) is 5.93. The number of hydrogen-bond donors (Lipinski definition) is 1. The molecule has 0 bridgehead atoms. The second kappa shape index (κ2) is 6.34. The van der Waals surface area contributed by atoms with E-state index in [1.54, 1.807) is 18.2 Å². The monoisotopic (exact) mass is 285 g/mol. The number of methoxy groups -OCH3 is 1. The standard InChI is InChI=1S/C13H16ClNO2S/c1-17-13(16)11-5-4-9(14)7-12(11)15-10-3-2-6-18-8-10/h4-5,7,10,15H,2-3,6,8H2,1H3. The maximum Gasteiger partial charge on any atom is 0.339 e. The Morgan fingerprint density at radius 1 is 1.56 bits per heavy atom. The highest BCUT2D eigenvalue weighted by atomic mass is 35.5. The fraction of sp³-hybridized carbons (Fsp3) is 0.462. The summed E-state index contributed by atoms with van der Waals surface area (Å²) in [4.78, 5) is 11.7. The number of benzene rings is 1. The number of thioether (sulfide) groups is 1. The van der Waals surface area contributed by atoms with Crippen LogP contribution in [0.4, 0.5) is 5.69 Å². The molecule has 0 amide bonds. The molecule has 1 aliphatic rings. The summed E-state index contributed by atoms with van der Waals surface area (Å²) in [6.45, 7) is 0. The van der Waals surface area contributed by atoms with Crippen LogP contribution in [0.2, 0.25) is 5.02 Å². The van der Waals surface area contributed by atoms with Gasteiger partial charge in [-0.1, -0.05) is 11.6 Å². The largest absolute Gasteiger partial charge is 0.465 e. The molecular weight excluding hydrogens is 270 g/mol. The zero-order valence-electron chi connectivity index (χ0n) is 10.2. The zero-order chi connectivity index (χ0) is 13.0. The summed E-state index contributed by atoms with van der Waals surface area (Å²) in [5.41, 5.74) is 1.30. The van der Waals surface area contributed by atoms with Gasteiger partial charge in [-0.25, -0.2) is 4.79 Å². The van der Waals surface area contributed by atoms with Crippen LogP contribution in [0, 0.1) is 0 Å². The van der Waals surface area contributed by atoms with Crippen molar-refractivity contribution in [2.24, 2.45) is 0 Å². The van der Waals surface area contributed by atoms with E-state index < -0.39 is 0 Å². The lowest BCUT2D eigenvalue weighted by molar-refractivity contribution is 0.0602. The van der Waals surface area contributed by atoms with Crippen molar-refractivity contribution < 1.29 is 9.53 Å². The quantitative estimate of drug-likeness (QED) is 0.864. The van der Waals surface area contributed by atoms with Gasteiger partial charge < -0.3 is 10.1 Å². The molecule has 1 aliphatic heterocycles. The summed E-state index contributed by atoms with van der Waals surface area (Å²) >= 11 is 7.92. The molecule has 98 valence electrons. The first kappa shape index (κ1) is 13.6. The summed E-state index contributed by atoms with van der Waals surface area (Å²) < 4.78 is 4.78. The van der Waals surface area contributed by atoms with Crippen LogP contribution in [0.1, 0.15) is 23.2 Å². The van der Waals surface area contributed by atoms with Crippen molar-refractivity contribution in [3.8, 4) is 0 Å². The lowest BCUT2D eigenvalue weighted by Gasteiger charge is -2.24. The van der Waals surface area contributed by atoms with Crippen LogP contribution in [-0.4, -0.2) is 30.6 Å². The summed E-state index contributed by atoms with van der Waals surface area (Å²) in [5, 5.41) is 4.02. The number of carbonyl (C=O) groups excluding carboxylic acids is 1. The summed E-state index contributed by atoms with van der Waals surface area (Å²) in [6.07, 6.45) is 2.33. The maximum atomic E-state index is 11.7. The number of halogens is 1. The van der Waals surface area contributed by atoms with Gasteiger partial charge in [0.25, 0.3) is 0 Å². The van der Waals surface area contributed by atoms with E-state index in [1.807, 2.05) is 11.8 Å². The van der Waals surface area contributed by atoms with E-state index in [2.05, 4.69) is 5.32 Å². The van der Waals surface area contributed by atoms with Crippen LogP contribution in [0.25, 0.3) is 0 Å². The summed E-state index contributed by atoms with van der Waals surface area (Å²) in [6, 6.07) is 5.58. The molecule has 0 radical (unpaired) electrons. The van der Waals surface area contributed by atoms with Gasteiger partial charge in [0, 0.05) is 16.8 Å². The SMILES string of the molecule is COC(=O)c1ccc(Cl)cc1NC1CCCSC1. The number of esters is 1. The second-order valence-electron chi connectivity index (χ2n) is 4.24. The predicted molar refractivity (Wildman–Crippen MR) is 76.8 cm³/mol. The number of carbonyl (C=O) groups is 1. The molecule has 0 saturated carbocycles. The molecule has 0 aromatic heterocycles. The van der Waals surface area contributed by atoms with E-state index in [0.29, 0.717) is 16.6 Å². The first-order valence-corrected chi connectivity index (χ1v) is 7.46. The van der Waals surface area contributed by atoms with Gasteiger partial charge in [-0.05, 0) is 36.8 Å². The van der Waals surface area contributed by atoms with Crippen LogP contribution in [0.5, 0.6) is 0 Å². The Morgan fingerprint density at radius 2 is 2.39 bits per heavy atom. The zero-order valence-corrected chi connectivity index (χ0v) is 11.8. The molecule has 1 heterocycles. The minimum atomic E-state index is -0.336. The van der Waals surface area contributed by atoms with Crippen molar-refractivity contribution in [2.75, 3.05) is 23.9 Å². The Hall–Kier alpha value is -0.870. The average Bonchev–Trinajstić information content (AvgIpc) is 2.39. The van der Waals surface area contributed by atoms with Crippen molar-refractivity contribution >= 4 is 35.0 Å². The highest BCUT2D eigenvalue weighted by Gasteiger charge is 2.18. The van der Waals surface area contributed by atoms with Gasteiger partial charge in [0.15, 0.2) is 0 Å². The van der Waals surface area contributed by atoms with E-state index in [9.17, 15) is 4.79 Å². The molecule has 1 atom stereocenters. The minimum absolute atomic E-state index is 0.336. The Morgan fingerprint density at radius 3 is 3.06 bits per heavy atom. The molecule has 5 heteroatoms. The Bertz CT molecular complexity index is 433. The van der Waals surface area contributed by atoms with E-state index in [0.717, 1.165) is 17.9 Å². The van der Waals surface area contributed by atoms with Crippen LogP contribution >= 0.6 is 23.4 Å². The Balaban J connectivity index is 2.18. The molecule has 18 heavy (non-hydrogen) atoms. The maximum absolute atomic E-state index is 11.7. The smallest absolute Gasteiger partial charge is 0.339 e. The molecule has 1 fully saturated rings. The van der Waals surface area contributed by atoms with Crippen LogP contribution in [0.3, 0.4) is 0 Å². The molecule has 3 nitrogen and oxygen atoms in total. The number of ether oxygens (including phenoxy) is 1. The number of nitrogens with one attached hydrogen (secondary N) is 1. The molecule has 1 unspecified atom stereocenters. The van der Waals surface area contributed by atoms with Gasteiger partial charge in [0.05, 0.1) is 18.4 Å². The number of rotatable bonds is 3. The molecule has 1 saturated heterocycles. The van der Waals surface area contributed by atoms with E-state index in [4.69, 9.17) is 16.3 Å². The van der Waals surface area contributed by atoms with Crippen molar-refractivity contribution in [1.29, 1.82) is 0 Å². The van der Waals surface area contributed by atoms with Gasteiger partial charge >= 0.3 is 5.97 Å². The van der Waals surface area contributed by atoms with Crippen LogP contribution in [-0.2, 0) is 4.74 Å². The molecule has 0 aliphatic carbocycles. The first-order chi connectivity index (χ1) is 8.70. The van der Waals surface area contributed by atoms with E-state index in [1.165, 1.54) is 19.3 Å². The number of anilines is 1. The van der Waals surface area contributed by atoms with Crippen molar-refractivity contribution in [3.05, 3.63) is 28.8 Å². The third-order valence-corrected chi connectivity index (χ3v) is 4.36. The molecule has 1 aromatic rings. The van der Waals surface area contributed by atoms with Gasteiger partial charge in [-0.3, -0.25) is 0 Å². The van der Waals surface area contributed by atoms with Crippen molar-refractivity contribution in [2.45, 2.75) is 18.9 Å². The number of hydrogen-bond acceptors (Lipinski definition) is 4. The van der Waals surface area contributed by atoms with Crippen LogP contribution < -0.4 is 5.32 Å². The highest BCUT2D eigenvalue weighted by molar-refractivity contribution is 7.99. The lowest BCUT2D eigenvalue weighted by atomic mass is 10.1. The average molecular weight is 286 g/mol. The Labute approximate surface area is 116 Å². The van der Waals surface area contributed by atoms with E-state index in [-0.39, 0.29) is 5.97 Å². The normalized spacial score (nSPS) is 19.3. The van der Waals surface area contributed by atoms with Crippen LogP contribution in [0.15, 0.2) is 18.2 Å². The Kier molecular flexibility index (Phi) is 4.78. The molecule has 1 aromatic carbocycles. The molecule has 0 spiro atoms. The second-order valence-corrected chi connectivity index (χ2v) is 5.83. The van der Waals surface area contributed by atoms with E-state index >= 15 is 0 Å².